The van der Waals surface area contributed by atoms with Crippen LogP contribution in [0.5, 0.6) is 5.75 Å². The summed E-state index contributed by atoms with van der Waals surface area (Å²) < 4.78 is 46.7. The summed E-state index contributed by atoms with van der Waals surface area (Å²) in [6, 6.07) is 3.53. The van der Waals surface area contributed by atoms with Crippen molar-refractivity contribution >= 4 is 21.9 Å². The Hall–Kier alpha value is -2.53. The molecule has 29 heavy (non-hydrogen) atoms. The molecule has 9 nitrogen and oxygen atoms in total. The van der Waals surface area contributed by atoms with Crippen molar-refractivity contribution in [3.63, 3.8) is 0 Å². The van der Waals surface area contributed by atoms with Crippen molar-refractivity contribution in [3.8, 4) is 5.75 Å². The Bertz CT molecular complexity index is 964. The molecule has 0 radical (unpaired) electrons. The Morgan fingerprint density at radius 1 is 1.21 bits per heavy atom. The molecular formula is C18H25FN6O3S. The molecule has 0 aliphatic carbocycles. The minimum Gasteiger partial charge on any atom is -0.491 e. The maximum Gasteiger partial charge on any atom is 0.241 e. The molecule has 0 saturated carbocycles. The van der Waals surface area contributed by atoms with Crippen LogP contribution in [0.4, 0.5) is 16.3 Å². The van der Waals surface area contributed by atoms with Gasteiger partial charge in [0, 0.05) is 27.2 Å². The molecule has 0 spiro atoms. The Morgan fingerprint density at radius 3 is 2.55 bits per heavy atom. The first-order valence-corrected chi connectivity index (χ1v) is 10.9. The SMILES string of the molecule is CCOc1ccc(S(=O)(=O)NCc2nc(N(C)C)nc(N3CCCC3)n2)cc1F. The molecule has 1 saturated heterocycles. The van der Waals surface area contributed by atoms with Gasteiger partial charge in [-0.2, -0.15) is 15.0 Å². The molecule has 1 fully saturated rings. The highest BCUT2D eigenvalue weighted by Crippen LogP contribution is 2.22. The van der Waals surface area contributed by atoms with Crippen LogP contribution in [0.2, 0.25) is 0 Å². The fraction of sp³-hybridized carbons (Fsp3) is 0.500. The number of hydrogen-bond donors (Lipinski definition) is 1. The topological polar surface area (TPSA) is 101 Å². The van der Waals surface area contributed by atoms with Gasteiger partial charge in [-0.05, 0) is 38.0 Å². The molecule has 11 heteroatoms. The van der Waals surface area contributed by atoms with Gasteiger partial charge < -0.3 is 14.5 Å². The highest BCUT2D eigenvalue weighted by molar-refractivity contribution is 7.89. The lowest BCUT2D eigenvalue weighted by atomic mass is 10.3. The molecule has 2 aromatic rings. The number of nitrogens with zero attached hydrogens (tertiary/aromatic N) is 5. The van der Waals surface area contributed by atoms with Crippen LogP contribution in [0, 0.1) is 5.82 Å². The molecule has 0 unspecified atom stereocenters. The predicted octanol–water partition coefficient (Wildman–Crippen LogP) is 1.55. The van der Waals surface area contributed by atoms with Crippen LogP contribution in [-0.2, 0) is 16.6 Å². The lowest BCUT2D eigenvalue weighted by molar-refractivity contribution is 0.321. The van der Waals surface area contributed by atoms with Crippen molar-refractivity contribution < 1.29 is 17.5 Å². The first-order valence-electron chi connectivity index (χ1n) is 9.39. The standard InChI is InChI=1S/C18H25FN6O3S/c1-4-28-15-8-7-13(11-14(15)19)29(26,27)20-12-16-21-17(24(2)3)23-18(22-16)25-9-5-6-10-25/h7-8,11,20H,4-6,9-10,12H2,1-3H3. The maximum atomic E-state index is 14.0. The van der Waals surface area contributed by atoms with E-state index in [9.17, 15) is 12.8 Å². The van der Waals surface area contributed by atoms with Gasteiger partial charge >= 0.3 is 0 Å². The number of ether oxygens (including phenoxy) is 1. The second-order valence-corrected chi connectivity index (χ2v) is 8.56. The molecule has 0 atom stereocenters. The first-order chi connectivity index (χ1) is 13.8. The molecule has 1 aromatic carbocycles. The molecule has 1 aromatic heterocycles. The van der Waals surface area contributed by atoms with E-state index in [1.165, 1.54) is 12.1 Å². The van der Waals surface area contributed by atoms with Crippen molar-refractivity contribution in [2.75, 3.05) is 43.6 Å². The van der Waals surface area contributed by atoms with E-state index in [1.807, 2.05) is 0 Å². The number of rotatable bonds is 8. The van der Waals surface area contributed by atoms with Crippen molar-refractivity contribution in [3.05, 3.63) is 29.8 Å². The molecular weight excluding hydrogens is 399 g/mol. The van der Waals surface area contributed by atoms with E-state index in [1.54, 1.807) is 25.9 Å². The van der Waals surface area contributed by atoms with Gasteiger partial charge in [-0.15, -0.1) is 0 Å². The lowest BCUT2D eigenvalue weighted by Crippen LogP contribution is -2.27. The van der Waals surface area contributed by atoms with Gasteiger partial charge in [0.15, 0.2) is 17.4 Å². The van der Waals surface area contributed by atoms with Crippen molar-refractivity contribution in [1.82, 2.24) is 19.7 Å². The van der Waals surface area contributed by atoms with Crippen LogP contribution in [0.25, 0.3) is 0 Å². The number of halogens is 1. The average molecular weight is 425 g/mol. The van der Waals surface area contributed by atoms with Gasteiger partial charge in [-0.3, -0.25) is 0 Å². The van der Waals surface area contributed by atoms with Gasteiger partial charge in [0.2, 0.25) is 21.9 Å². The highest BCUT2D eigenvalue weighted by atomic mass is 32.2. The maximum absolute atomic E-state index is 14.0. The quantitative estimate of drug-likeness (QED) is 0.681. The summed E-state index contributed by atoms with van der Waals surface area (Å²) in [5.74, 6) is 0.544. The lowest BCUT2D eigenvalue weighted by Gasteiger charge is -2.19. The van der Waals surface area contributed by atoms with Gasteiger partial charge in [0.1, 0.15) is 0 Å². The Labute approximate surface area is 170 Å². The summed E-state index contributed by atoms with van der Waals surface area (Å²) in [5, 5.41) is 0. The fourth-order valence-electron chi connectivity index (χ4n) is 2.90. The minimum atomic E-state index is -3.95. The zero-order valence-corrected chi connectivity index (χ0v) is 17.5. The van der Waals surface area contributed by atoms with E-state index >= 15 is 0 Å². The smallest absolute Gasteiger partial charge is 0.241 e. The summed E-state index contributed by atoms with van der Waals surface area (Å²) in [7, 11) is -0.340. The van der Waals surface area contributed by atoms with E-state index in [-0.39, 0.29) is 23.8 Å². The molecule has 3 rings (SSSR count). The van der Waals surface area contributed by atoms with Crippen molar-refractivity contribution in [1.29, 1.82) is 0 Å². The third kappa shape index (κ3) is 5.10. The van der Waals surface area contributed by atoms with Crippen LogP contribution >= 0.6 is 0 Å². The van der Waals surface area contributed by atoms with Crippen molar-refractivity contribution in [2.45, 2.75) is 31.2 Å². The number of aromatic nitrogens is 3. The normalized spacial score (nSPS) is 14.3. The van der Waals surface area contributed by atoms with E-state index in [2.05, 4.69) is 24.6 Å². The molecule has 2 heterocycles. The third-order valence-electron chi connectivity index (χ3n) is 4.38. The Kier molecular flexibility index (Phi) is 6.48. The van der Waals surface area contributed by atoms with E-state index in [0.717, 1.165) is 32.0 Å². The number of anilines is 2. The van der Waals surface area contributed by atoms with Gasteiger partial charge in [-0.25, -0.2) is 17.5 Å². The van der Waals surface area contributed by atoms with E-state index < -0.39 is 15.8 Å². The van der Waals surface area contributed by atoms with Crippen LogP contribution in [-0.4, -0.2) is 57.2 Å². The zero-order valence-electron chi connectivity index (χ0n) is 16.7. The van der Waals surface area contributed by atoms with E-state index in [0.29, 0.717) is 17.7 Å². The molecule has 1 aliphatic rings. The first kappa shape index (κ1) is 21.2. The van der Waals surface area contributed by atoms with Crippen LogP contribution in [0.15, 0.2) is 23.1 Å². The third-order valence-corrected chi connectivity index (χ3v) is 5.78. The van der Waals surface area contributed by atoms with Crippen LogP contribution in [0.3, 0.4) is 0 Å². The zero-order chi connectivity index (χ0) is 21.0. The highest BCUT2D eigenvalue weighted by Gasteiger charge is 2.20. The molecule has 158 valence electrons. The average Bonchev–Trinajstić information content (AvgIpc) is 3.23. The molecule has 1 N–H and O–H groups in total. The summed E-state index contributed by atoms with van der Waals surface area (Å²) in [4.78, 5) is 16.8. The number of nitrogens with one attached hydrogen (secondary N) is 1. The largest absolute Gasteiger partial charge is 0.491 e. The number of benzene rings is 1. The second kappa shape index (κ2) is 8.87. The van der Waals surface area contributed by atoms with E-state index in [4.69, 9.17) is 4.74 Å². The van der Waals surface area contributed by atoms with Crippen LogP contribution in [0.1, 0.15) is 25.6 Å². The molecule has 0 bridgehead atoms. The van der Waals surface area contributed by atoms with Gasteiger partial charge in [0.25, 0.3) is 0 Å². The summed E-state index contributed by atoms with van der Waals surface area (Å²) in [5.41, 5.74) is 0. The minimum absolute atomic E-state index is 0.00907. The van der Waals surface area contributed by atoms with Gasteiger partial charge in [0.05, 0.1) is 18.0 Å². The second-order valence-electron chi connectivity index (χ2n) is 6.79. The Balaban J connectivity index is 1.79. The molecule has 1 aliphatic heterocycles. The number of sulfonamides is 1. The monoisotopic (exact) mass is 424 g/mol. The fourth-order valence-corrected chi connectivity index (χ4v) is 3.89. The molecule has 0 amide bonds. The summed E-state index contributed by atoms with van der Waals surface area (Å²) in [6.45, 7) is 3.58. The Morgan fingerprint density at radius 2 is 1.93 bits per heavy atom. The van der Waals surface area contributed by atoms with Gasteiger partial charge in [-0.1, -0.05) is 0 Å². The summed E-state index contributed by atoms with van der Waals surface area (Å²) >= 11 is 0. The summed E-state index contributed by atoms with van der Waals surface area (Å²) in [6.07, 6.45) is 2.13. The van der Waals surface area contributed by atoms with Crippen molar-refractivity contribution in [2.24, 2.45) is 0 Å². The predicted molar refractivity (Wildman–Crippen MR) is 107 cm³/mol. The van der Waals surface area contributed by atoms with Crippen LogP contribution < -0.4 is 19.3 Å². The number of hydrogen-bond acceptors (Lipinski definition) is 8.